The van der Waals surface area contributed by atoms with Crippen LogP contribution in [0.4, 0.5) is 0 Å². The van der Waals surface area contributed by atoms with Crippen LogP contribution in [0.25, 0.3) is 0 Å². The number of rotatable bonds is 6. The van der Waals surface area contributed by atoms with Gasteiger partial charge < -0.3 is 25.7 Å². The lowest BCUT2D eigenvalue weighted by Gasteiger charge is -2.26. The first kappa shape index (κ1) is 12.8. The van der Waals surface area contributed by atoms with Gasteiger partial charge in [0.25, 0.3) is 0 Å². The average molecular weight is 193 g/mol. The maximum absolute atomic E-state index is 9.46. The van der Waals surface area contributed by atoms with Gasteiger partial charge in [-0.25, -0.2) is 0 Å². The molecule has 5 N–H and O–H groups in total. The lowest BCUT2D eigenvalue weighted by molar-refractivity contribution is -0.0619. The number of aliphatic hydroxyl groups excluding tert-OH is 4. The molecule has 0 rings (SSSR count). The van der Waals surface area contributed by atoms with Gasteiger partial charge in [-0.05, 0) is 7.05 Å². The van der Waals surface area contributed by atoms with E-state index in [-0.39, 0.29) is 6.54 Å². The maximum atomic E-state index is 9.46. The Balaban J connectivity index is 3.99. The van der Waals surface area contributed by atoms with Crippen molar-refractivity contribution >= 4 is 0 Å². The number of nitrogens with one attached hydrogen (secondary N) is 1. The molecule has 0 spiro atoms. The Morgan fingerprint density at radius 3 is 2.08 bits per heavy atom. The lowest BCUT2D eigenvalue weighted by Crippen LogP contribution is -2.43. The summed E-state index contributed by atoms with van der Waals surface area (Å²) in [7, 11) is 1.66. The van der Waals surface area contributed by atoms with Gasteiger partial charge in [0.15, 0.2) is 0 Å². The zero-order chi connectivity index (χ0) is 10.4. The van der Waals surface area contributed by atoms with Crippen molar-refractivity contribution in [2.75, 3.05) is 20.2 Å². The van der Waals surface area contributed by atoms with E-state index < -0.39 is 30.8 Å². The number of aliphatic hydroxyl groups is 4. The molecule has 13 heavy (non-hydrogen) atoms. The van der Waals surface area contributed by atoms with Gasteiger partial charge in [-0.3, -0.25) is 0 Å². The van der Waals surface area contributed by atoms with Crippen molar-refractivity contribution in [2.45, 2.75) is 25.2 Å². The van der Waals surface area contributed by atoms with E-state index in [1.807, 2.05) is 0 Å². The van der Waals surface area contributed by atoms with Crippen LogP contribution in [0.15, 0.2) is 0 Å². The van der Waals surface area contributed by atoms with Gasteiger partial charge >= 0.3 is 0 Å². The van der Waals surface area contributed by atoms with Crippen molar-refractivity contribution in [3.8, 4) is 0 Å². The Hall–Kier alpha value is -0.200. The van der Waals surface area contributed by atoms with E-state index in [4.69, 9.17) is 5.11 Å². The Labute approximate surface area is 78.0 Å². The van der Waals surface area contributed by atoms with Crippen LogP contribution < -0.4 is 5.32 Å². The first-order chi connectivity index (χ1) is 6.04. The van der Waals surface area contributed by atoms with Crippen LogP contribution in [0.5, 0.6) is 0 Å². The third-order valence-electron chi connectivity index (χ3n) is 2.14. The zero-order valence-corrected chi connectivity index (χ0v) is 8.01. The van der Waals surface area contributed by atoms with Gasteiger partial charge in [-0.1, -0.05) is 6.92 Å². The van der Waals surface area contributed by atoms with E-state index in [9.17, 15) is 15.3 Å². The molecule has 2 unspecified atom stereocenters. The van der Waals surface area contributed by atoms with Crippen LogP contribution in [-0.4, -0.2) is 58.9 Å². The van der Waals surface area contributed by atoms with Gasteiger partial charge in [0.2, 0.25) is 0 Å². The monoisotopic (exact) mass is 193 g/mol. The van der Waals surface area contributed by atoms with E-state index in [0.29, 0.717) is 0 Å². The van der Waals surface area contributed by atoms with Gasteiger partial charge in [0, 0.05) is 12.5 Å². The van der Waals surface area contributed by atoms with E-state index in [2.05, 4.69) is 5.32 Å². The molecule has 0 aliphatic rings. The second kappa shape index (κ2) is 6.28. The summed E-state index contributed by atoms with van der Waals surface area (Å²) >= 11 is 0. The minimum absolute atomic E-state index is 0.254. The molecule has 0 bridgehead atoms. The SMILES string of the molecule is CNCC(O)[C@@H](O)[C@H](C)C(O)CO. The van der Waals surface area contributed by atoms with Crippen molar-refractivity contribution in [3.05, 3.63) is 0 Å². The van der Waals surface area contributed by atoms with Crippen LogP contribution in [0.1, 0.15) is 6.92 Å². The summed E-state index contributed by atoms with van der Waals surface area (Å²) in [5.74, 6) is -0.548. The molecule has 4 atom stereocenters. The molecule has 0 amide bonds. The number of hydrogen-bond acceptors (Lipinski definition) is 5. The fourth-order valence-corrected chi connectivity index (χ4v) is 1.07. The molecule has 5 heteroatoms. The molecule has 0 aliphatic carbocycles. The molecule has 0 saturated carbocycles. The Morgan fingerprint density at radius 1 is 1.15 bits per heavy atom. The normalized spacial score (nSPS) is 20.8. The summed E-state index contributed by atoms with van der Waals surface area (Å²) in [6.45, 7) is 1.42. The molecule has 0 aromatic carbocycles. The second-order valence-corrected chi connectivity index (χ2v) is 3.22. The summed E-state index contributed by atoms with van der Waals surface area (Å²) in [5, 5.41) is 39.3. The molecule has 0 fully saturated rings. The van der Waals surface area contributed by atoms with Gasteiger partial charge in [0.05, 0.1) is 24.9 Å². The van der Waals surface area contributed by atoms with Gasteiger partial charge in [-0.15, -0.1) is 0 Å². The highest BCUT2D eigenvalue weighted by molar-refractivity contribution is 4.78. The molecular formula is C8H19NO4. The number of likely N-dealkylation sites (N-methyl/N-ethyl adjacent to an activating group) is 1. The molecule has 5 nitrogen and oxygen atoms in total. The first-order valence-electron chi connectivity index (χ1n) is 4.34. The van der Waals surface area contributed by atoms with E-state index in [0.717, 1.165) is 0 Å². The minimum Gasteiger partial charge on any atom is -0.394 e. The van der Waals surface area contributed by atoms with E-state index >= 15 is 0 Å². The summed E-state index contributed by atoms with van der Waals surface area (Å²) in [6, 6.07) is 0. The highest BCUT2D eigenvalue weighted by Gasteiger charge is 2.27. The van der Waals surface area contributed by atoms with Crippen LogP contribution in [-0.2, 0) is 0 Å². The zero-order valence-electron chi connectivity index (χ0n) is 8.01. The van der Waals surface area contributed by atoms with Crippen molar-refractivity contribution in [3.63, 3.8) is 0 Å². The summed E-state index contributed by atoms with van der Waals surface area (Å²) < 4.78 is 0. The van der Waals surface area contributed by atoms with Crippen molar-refractivity contribution < 1.29 is 20.4 Å². The van der Waals surface area contributed by atoms with Crippen molar-refractivity contribution in [1.29, 1.82) is 0 Å². The lowest BCUT2D eigenvalue weighted by atomic mass is 9.94. The highest BCUT2D eigenvalue weighted by atomic mass is 16.3. The summed E-state index contributed by atoms with van der Waals surface area (Å²) in [6.07, 6.45) is -2.96. The average Bonchev–Trinajstić information content (AvgIpc) is 2.14. The second-order valence-electron chi connectivity index (χ2n) is 3.22. The quantitative estimate of drug-likeness (QED) is 0.334. The fraction of sp³-hybridized carbons (Fsp3) is 1.00. The summed E-state index contributed by atoms with van der Waals surface area (Å²) in [4.78, 5) is 0. The molecule has 0 saturated heterocycles. The summed E-state index contributed by atoms with van der Waals surface area (Å²) in [5.41, 5.74) is 0. The predicted molar refractivity (Wildman–Crippen MR) is 48.2 cm³/mol. The van der Waals surface area contributed by atoms with Crippen molar-refractivity contribution in [2.24, 2.45) is 5.92 Å². The van der Waals surface area contributed by atoms with Crippen LogP contribution in [0, 0.1) is 5.92 Å². The Kier molecular flexibility index (Phi) is 6.19. The molecule has 80 valence electrons. The largest absolute Gasteiger partial charge is 0.394 e. The molecular weight excluding hydrogens is 174 g/mol. The smallest absolute Gasteiger partial charge is 0.0926 e. The van der Waals surface area contributed by atoms with E-state index in [1.165, 1.54) is 0 Å². The third kappa shape index (κ3) is 4.02. The van der Waals surface area contributed by atoms with Gasteiger partial charge in [-0.2, -0.15) is 0 Å². The standard InChI is InChI=1S/C8H19NO4/c1-5(7(12)4-10)8(13)6(11)3-9-2/h5-13H,3-4H2,1-2H3/t5-,6?,7?,8+/m1/s1. The van der Waals surface area contributed by atoms with Crippen LogP contribution in [0.2, 0.25) is 0 Å². The molecule has 0 aliphatic heterocycles. The minimum atomic E-state index is -1.03. The van der Waals surface area contributed by atoms with Gasteiger partial charge in [0.1, 0.15) is 0 Å². The number of hydrogen-bond donors (Lipinski definition) is 5. The third-order valence-corrected chi connectivity index (χ3v) is 2.14. The Bertz CT molecular complexity index is 133. The van der Waals surface area contributed by atoms with E-state index in [1.54, 1.807) is 14.0 Å². The maximum Gasteiger partial charge on any atom is 0.0926 e. The molecule has 0 aromatic heterocycles. The molecule has 0 heterocycles. The van der Waals surface area contributed by atoms with Crippen LogP contribution >= 0.6 is 0 Å². The predicted octanol–water partition coefficient (Wildman–Crippen LogP) is -2.08. The fourth-order valence-electron chi connectivity index (χ4n) is 1.07. The topological polar surface area (TPSA) is 93.0 Å². The Morgan fingerprint density at radius 2 is 1.69 bits per heavy atom. The molecule has 0 radical (unpaired) electrons. The first-order valence-corrected chi connectivity index (χ1v) is 4.34. The molecule has 0 aromatic rings. The highest BCUT2D eigenvalue weighted by Crippen LogP contribution is 2.11. The van der Waals surface area contributed by atoms with Crippen LogP contribution in [0.3, 0.4) is 0 Å². The van der Waals surface area contributed by atoms with Crippen molar-refractivity contribution in [1.82, 2.24) is 5.32 Å².